The van der Waals surface area contributed by atoms with Crippen molar-refractivity contribution >= 4 is 12.3 Å². The highest BCUT2D eigenvalue weighted by molar-refractivity contribution is 5.72. The molecule has 2 N–H and O–H groups in total. The Bertz CT molecular complexity index is 1050. The van der Waals surface area contributed by atoms with Crippen molar-refractivity contribution < 1.29 is 27.5 Å². The third-order valence-electron chi connectivity index (χ3n) is 6.84. The highest BCUT2D eigenvalue weighted by Gasteiger charge is 2.51. The van der Waals surface area contributed by atoms with Gasteiger partial charge in [-0.1, -0.05) is 18.2 Å². The molecule has 0 amide bonds. The van der Waals surface area contributed by atoms with E-state index in [2.05, 4.69) is 4.90 Å². The number of aldehydes is 1. The summed E-state index contributed by atoms with van der Waals surface area (Å²) in [6.45, 7) is 2.95. The van der Waals surface area contributed by atoms with E-state index in [1.165, 1.54) is 13.0 Å². The van der Waals surface area contributed by atoms with Crippen LogP contribution in [0.15, 0.2) is 36.4 Å². The molecule has 3 unspecified atom stereocenters. The SMILES string of the molecule is CC(=O)OC(C)(C=O)CN1C2CC(C2)C(N)C1Cc1cccc(-c2cc(F)cc(F)c2)c1F. The highest BCUT2D eigenvalue weighted by atomic mass is 19.1. The zero-order valence-electron chi connectivity index (χ0n) is 18.6. The van der Waals surface area contributed by atoms with Crippen LogP contribution in [0.5, 0.6) is 0 Å². The second-order valence-electron chi connectivity index (χ2n) is 9.37. The normalized spacial score (nSPS) is 26.2. The van der Waals surface area contributed by atoms with E-state index in [0.29, 0.717) is 17.8 Å². The first-order chi connectivity index (χ1) is 15.6. The number of carbonyl (C=O) groups excluding carboxylic acids is 2. The highest BCUT2D eigenvalue weighted by Crippen LogP contribution is 2.44. The molecule has 1 saturated carbocycles. The molecule has 0 aromatic heterocycles. The van der Waals surface area contributed by atoms with Crippen molar-refractivity contribution in [3.63, 3.8) is 0 Å². The second kappa shape index (κ2) is 8.91. The van der Waals surface area contributed by atoms with Crippen molar-refractivity contribution in [2.24, 2.45) is 11.7 Å². The average molecular weight is 460 g/mol. The molecule has 2 saturated heterocycles. The van der Waals surface area contributed by atoms with Gasteiger partial charge in [0.15, 0.2) is 11.9 Å². The van der Waals surface area contributed by atoms with E-state index in [0.717, 1.165) is 31.0 Å². The summed E-state index contributed by atoms with van der Waals surface area (Å²) in [6.07, 6.45) is 2.61. The van der Waals surface area contributed by atoms with Crippen LogP contribution in [-0.4, -0.2) is 47.4 Å². The van der Waals surface area contributed by atoms with Crippen LogP contribution in [0, 0.1) is 23.4 Å². The molecule has 0 radical (unpaired) electrons. The number of fused-ring (bicyclic) bond motifs is 2. The molecule has 2 aliphatic heterocycles. The van der Waals surface area contributed by atoms with Gasteiger partial charge in [-0.3, -0.25) is 14.5 Å². The van der Waals surface area contributed by atoms with Crippen LogP contribution < -0.4 is 5.73 Å². The Morgan fingerprint density at radius 2 is 1.88 bits per heavy atom. The van der Waals surface area contributed by atoms with Crippen LogP contribution in [-0.2, 0) is 20.7 Å². The first-order valence-electron chi connectivity index (χ1n) is 11.0. The smallest absolute Gasteiger partial charge is 0.303 e. The average Bonchev–Trinajstić information content (AvgIpc) is 2.69. The molecule has 33 heavy (non-hydrogen) atoms. The molecular weight excluding hydrogens is 433 g/mol. The lowest BCUT2D eigenvalue weighted by Crippen LogP contribution is -2.69. The fraction of sp³-hybridized carbons (Fsp3) is 0.440. The number of esters is 1. The predicted molar refractivity (Wildman–Crippen MR) is 117 cm³/mol. The van der Waals surface area contributed by atoms with Crippen LogP contribution in [0.2, 0.25) is 0 Å². The van der Waals surface area contributed by atoms with Crippen LogP contribution in [0.1, 0.15) is 32.3 Å². The van der Waals surface area contributed by atoms with Crippen molar-refractivity contribution in [1.29, 1.82) is 0 Å². The third kappa shape index (κ3) is 4.68. The lowest BCUT2D eigenvalue weighted by Gasteiger charge is -2.58. The Morgan fingerprint density at radius 3 is 2.48 bits per heavy atom. The molecule has 176 valence electrons. The van der Waals surface area contributed by atoms with Gasteiger partial charge in [-0.15, -0.1) is 0 Å². The van der Waals surface area contributed by atoms with Gasteiger partial charge in [0.2, 0.25) is 0 Å². The Hall–Kier alpha value is -2.71. The lowest BCUT2D eigenvalue weighted by atomic mass is 9.66. The Kier molecular flexibility index (Phi) is 6.33. The van der Waals surface area contributed by atoms with Crippen LogP contribution >= 0.6 is 0 Å². The van der Waals surface area contributed by atoms with Gasteiger partial charge in [0.25, 0.3) is 0 Å². The molecule has 2 heterocycles. The number of benzene rings is 2. The lowest BCUT2D eigenvalue weighted by molar-refractivity contribution is -0.165. The predicted octanol–water partition coefficient (Wildman–Crippen LogP) is 3.62. The summed E-state index contributed by atoms with van der Waals surface area (Å²) < 4.78 is 48.2. The zero-order chi connectivity index (χ0) is 23.9. The van der Waals surface area contributed by atoms with Crippen molar-refractivity contribution in [3.8, 4) is 11.1 Å². The van der Waals surface area contributed by atoms with Gasteiger partial charge in [0.05, 0.1) is 0 Å². The number of halogens is 3. The number of rotatable bonds is 7. The van der Waals surface area contributed by atoms with E-state index in [1.54, 1.807) is 19.1 Å². The van der Waals surface area contributed by atoms with Crippen molar-refractivity contribution in [3.05, 3.63) is 59.4 Å². The van der Waals surface area contributed by atoms with Crippen LogP contribution in [0.4, 0.5) is 13.2 Å². The molecule has 8 heteroatoms. The first kappa shape index (κ1) is 23.4. The maximum absolute atomic E-state index is 15.5. The topological polar surface area (TPSA) is 72.6 Å². The minimum absolute atomic E-state index is 0.102. The quantitative estimate of drug-likeness (QED) is 0.505. The Morgan fingerprint density at radius 1 is 1.21 bits per heavy atom. The summed E-state index contributed by atoms with van der Waals surface area (Å²) in [6, 6.07) is 7.30. The third-order valence-corrected chi connectivity index (χ3v) is 6.84. The maximum Gasteiger partial charge on any atom is 0.303 e. The summed E-state index contributed by atoms with van der Waals surface area (Å²) >= 11 is 0. The molecule has 2 aromatic rings. The number of hydrogen-bond acceptors (Lipinski definition) is 5. The van der Waals surface area contributed by atoms with E-state index >= 15 is 4.39 Å². The van der Waals surface area contributed by atoms with Crippen molar-refractivity contribution in [2.45, 2.75) is 56.8 Å². The number of nitrogens with zero attached hydrogens (tertiary/aromatic N) is 1. The molecule has 3 aliphatic rings. The monoisotopic (exact) mass is 460 g/mol. The Labute approximate surface area is 190 Å². The molecule has 2 bridgehead atoms. The zero-order valence-corrected chi connectivity index (χ0v) is 18.6. The Balaban J connectivity index is 1.64. The van der Waals surface area contributed by atoms with Gasteiger partial charge in [0, 0.05) is 43.2 Å². The summed E-state index contributed by atoms with van der Waals surface area (Å²) in [5, 5.41) is 0. The number of carbonyl (C=O) groups is 2. The van der Waals surface area contributed by atoms with Crippen molar-refractivity contribution in [1.82, 2.24) is 4.90 Å². The fourth-order valence-electron chi connectivity index (χ4n) is 5.20. The molecule has 3 fully saturated rings. The van der Waals surface area contributed by atoms with Gasteiger partial charge in [-0.05, 0) is 55.4 Å². The van der Waals surface area contributed by atoms with E-state index in [1.807, 2.05) is 0 Å². The molecular formula is C25H27F3N2O3. The minimum atomic E-state index is -1.34. The molecule has 5 rings (SSSR count). The van der Waals surface area contributed by atoms with Crippen molar-refractivity contribution in [2.75, 3.05) is 6.54 Å². The largest absolute Gasteiger partial charge is 0.450 e. The number of nitrogens with two attached hydrogens (primary N) is 1. The molecule has 0 spiro atoms. The summed E-state index contributed by atoms with van der Waals surface area (Å²) in [4.78, 5) is 25.3. The van der Waals surface area contributed by atoms with Crippen LogP contribution in [0.3, 0.4) is 0 Å². The standard InChI is InChI=1S/C25H27F3N2O3/c1-14(32)33-25(2,13-31)12-30-20-8-17(9-20)24(29)22(30)10-15-4-3-5-21(23(15)28)16-6-18(26)11-19(27)7-16/h3-7,11,13,17,20,22,24H,8-10,12,29H2,1-2H3. The summed E-state index contributed by atoms with van der Waals surface area (Å²) in [5.74, 6) is -2.39. The minimum Gasteiger partial charge on any atom is -0.450 e. The number of hydrogen-bond donors (Lipinski definition) is 1. The van der Waals surface area contributed by atoms with Gasteiger partial charge in [-0.2, -0.15) is 0 Å². The number of ether oxygens (including phenoxy) is 1. The van der Waals surface area contributed by atoms with Gasteiger partial charge in [-0.25, -0.2) is 13.2 Å². The summed E-state index contributed by atoms with van der Waals surface area (Å²) in [5.41, 5.74) is 5.78. The maximum atomic E-state index is 15.5. The number of piperidine rings is 2. The molecule has 1 aliphatic carbocycles. The fourth-order valence-corrected chi connectivity index (χ4v) is 5.20. The van der Waals surface area contributed by atoms with E-state index in [-0.39, 0.29) is 42.2 Å². The van der Waals surface area contributed by atoms with Gasteiger partial charge < -0.3 is 10.5 Å². The van der Waals surface area contributed by atoms with E-state index < -0.39 is 29.0 Å². The molecule has 3 atom stereocenters. The van der Waals surface area contributed by atoms with Gasteiger partial charge in [0.1, 0.15) is 17.5 Å². The molecule has 2 aromatic carbocycles. The first-order valence-corrected chi connectivity index (χ1v) is 11.0. The second-order valence-corrected chi connectivity index (χ2v) is 9.37. The van der Waals surface area contributed by atoms with Crippen LogP contribution in [0.25, 0.3) is 11.1 Å². The van der Waals surface area contributed by atoms with E-state index in [9.17, 15) is 18.4 Å². The van der Waals surface area contributed by atoms with E-state index in [4.69, 9.17) is 10.5 Å². The molecule has 5 nitrogen and oxygen atoms in total. The summed E-state index contributed by atoms with van der Waals surface area (Å²) in [7, 11) is 0. The van der Waals surface area contributed by atoms with Gasteiger partial charge >= 0.3 is 5.97 Å².